The zero-order chi connectivity index (χ0) is 19.5. The molecule has 0 heterocycles. The summed E-state index contributed by atoms with van der Waals surface area (Å²) in [6.07, 6.45) is 0.945. The molecule has 0 bridgehead atoms. The predicted molar refractivity (Wildman–Crippen MR) is 127 cm³/mol. The molecule has 0 unspecified atom stereocenters. The quantitative estimate of drug-likeness (QED) is 0.269. The van der Waals surface area contributed by atoms with Crippen LogP contribution in [0.25, 0.3) is 0 Å². The molecule has 0 saturated carbocycles. The van der Waals surface area contributed by atoms with Gasteiger partial charge in [-0.15, -0.1) is 24.0 Å². The summed E-state index contributed by atoms with van der Waals surface area (Å²) in [6, 6.07) is 18.0. The van der Waals surface area contributed by atoms with Crippen molar-refractivity contribution in [1.29, 1.82) is 0 Å². The average Bonchev–Trinajstić information content (AvgIpc) is 2.66. The van der Waals surface area contributed by atoms with Crippen LogP contribution in [0, 0.1) is 0 Å². The van der Waals surface area contributed by atoms with Crippen LogP contribution >= 0.6 is 24.0 Å². The normalized spacial score (nSPS) is 10.8. The zero-order valence-electron chi connectivity index (χ0n) is 16.7. The topological polar surface area (TPSA) is 77.6 Å². The van der Waals surface area contributed by atoms with E-state index in [9.17, 15) is 4.79 Å². The molecule has 6 nitrogen and oxygen atoms in total. The van der Waals surface area contributed by atoms with Crippen LogP contribution < -0.4 is 21.3 Å². The lowest BCUT2D eigenvalue weighted by Crippen LogP contribution is -2.37. The Morgan fingerprint density at radius 1 is 0.964 bits per heavy atom. The second-order valence-corrected chi connectivity index (χ2v) is 6.54. The Bertz CT molecular complexity index is 732. The zero-order valence-corrected chi connectivity index (χ0v) is 19.0. The van der Waals surface area contributed by atoms with E-state index in [1.54, 1.807) is 7.05 Å². The summed E-state index contributed by atoms with van der Waals surface area (Å²) in [4.78, 5) is 16.0. The molecule has 0 spiro atoms. The van der Waals surface area contributed by atoms with E-state index in [0.717, 1.165) is 30.2 Å². The number of nitrogens with one attached hydrogen (secondary N) is 4. The number of urea groups is 1. The SMILES string of the molecule is CN=C(NCCc1ccccc1)NCc1ccc(NC(=O)NC(C)C)cc1.I. The van der Waals surface area contributed by atoms with E-state index in [0.29, 0.717) is 6.54 Å². The Morgan fingerprint density at radius 3 is 2.25 bits per heavy atom. The fraction of sp³-hybridized carbons (Fsp3) is 0.333. The highest BCUT2D eigenvalue weighted by molar-refractivity contribution is 14.0. The van der Waals surface area contributed by atoms with Crippen molar-refractivity contribution in [3.63, 3.8) is 0 Å². The minimum absolute atomic E-state index is 0. The Hall–Kier alpha value is -2.29. The van der Waals surface area contributed by atoms with Gasteiger partial charge in [-0.3, -0.25) is 4.99 Å². The molecule has 2 amide bonds. The maximum atomic E-state index is 11.7. The minimum Gasteiger partial charge on any atom is -0.356 e. The van der Waals surface area contributed by atoms with Crippen molar-refractivity contribution in [3.8, 4) is 0 Å². The van der Waals surface area contributed by atoms with Crippen LogP contribution in [0.1, 0.15) is 25.0 Å². The molecule has 0 radical (unpaired) electrons. The standard InChI is InChI=1S/C21H29N5O.HI/c1-16(2)25-21(27)26-19-11-9-18(10-12-19)15-24-20(22-3)23-14-13-17-7-5-4-6-8-17;/h4-12,16H,13-15H2,1-3H3,(H2,22,23,24)(H2,25,26,27);1H. The van der Waals surface area contributed by atoms with E-state index in [1.807, 2.05) is 56.3 Å². The molecule has 0 aliphatic heterocycles. The molecule has 0 aliphatic carbocycles. The second kappa shape index (κ2) is 13.0. The maximum absolute atomic E-state index is 11.7. The van der Waals surface area contributed by atoms with Gasteiger partial charge in [-0.05, 0) is 43.5 Å². The molecule has 0 aromatic heterocycles. The number of rotatable bonds is 7. The van der Waals surface area contributed by atoms with Crippen molar-refractivity contribution in [2.24, 2.45) is 4.99 Å². The van der Waals surface area contributed by atoms with Crippen molar-refractivity contribution >= 4 is 41.7 Å². The summed E-state index contributed by atoms with van der Waals surface area (Å²) >= 11 is 0. The summed E-state index contributed by atoms with van der Waals surface area (Å²) in [6.45, 7) is 5.32. The number of hydrogen-bond donors (Lipinski definition) is 4. The van der Waals surface area contributed by atoms with Crippen LogP contribution in [-0.2, 0) is 13.0 Å². The Labute approximate surface area is 184 Å². The van der Waals surface area contributed by atoms with Gasteiger partial charge in [0.2, 0.25) is 0 Å². The van der Waals surface area contributed by atoms with E-state index in [4.69, 9.17) is 0 Å². The number of hydrogen-bond acceptors (Lipinski definition) is 2. The van der Waals surface area contributed by atoms with Crippen molar-refractivity contribution in [2.45, 2.75) is 32.9 Å². The molecule has 4 N–H and O–H groups in total. The molecular weight excluding hydrogens is 465 g/mol. The van der Waals surface area contributed by atoms with Gasteiger partial charge < -0.3 is 21.3 Å². The first kappa shape index (κ1) is 23.7. The van der Waals surface area contributed by atoms with E-state index >= 15 is 0 Å². The largest absolute Gasteiger partial charge is 0.356 e. The van der Waals surface area contributed by atoms with Crippen molar-refractivity contribution in [3.05, 3.63) is 65.7 Å². The molecule has 2 aromatic rings. The van der Waals surface area contributed by atoms with Gasteiger partial charge in [0.25, 0.3) is 0 Å². The van der Waals surface area contributed by atoms with Gasteiger partial charge >= 0.3 is 6.03 Å². The highest BCUT2D eigenvalue weighted by atomic mass is 127. The van der Waals surface area contributed by atoms with Gasteiger partial charge in [-0.2, -0.15) is 0 Å². The highest BCUT2D eigenvalue weighted by Gasteiger charge is 2.03. The van der Waals surface area contributed by atoms with Gasteiger partial charge in [0.1, 0.15) is 0 Å². The molecule has 0 atom stereocenters. The molecule has 2 rings (SSSR count). The lowest BCUT2D eigenvalue weighted by atomic mass is 10.1. The summed E-state index contributed by atoms with van der Waals surface area (Å²) in [5.74, 6) is 0.768. The summed E-state index contributed by atoms with van der Waals surface area (Å²) in [7, 11) is 1.76. The molecule has 0 saturated heterocycles. The first-order chi connectivity index (χ1) is 13.1. The van der Waals surface area contributed by atoms with Crippen molar-refractivity contribution < 1.29 is 4.79 Å². The van der Waals surface area contributed by atoms with Gasteiger partial charge in [-0.25, -0.2) is 4.79 Å². The first-order valence-corrected chi connectivity index (χ1v) is 9.21. The smallest absolute Gasteiger partial charge is 0.319 e. The lowest BCUT2D eigenvalue weighted by Gasteiger charge is -2.13. The first-order valence-electron chi connectivity index (χ1n) is 9.21. The number of benzene rings is 2. The third-order valence-corrected chi connectivity index (χ3v) is 3.86. The van der Waals surface area contributed by atoms with E-state index < -0.39 is 0 Å². The highest BCUT2D eigenvalue weighted by Crippen LogP contribution is 2.09. The number of aliphatic imine (C=N–C) groups is 1. The molecule has 7 heteroatoms. The fourth-order valence-electron chi connectivity index (χ4n) is 2.51. The summed E-state index contributed by atoms with van der Waals surface area (Å²) in [5, 5.41) is 12.2. The number of amides is 2. The number of halogens is 1. The second-order valence-electron chi connectivity index (χ2n) is 6.54. The fourth-order valence-corrected chi connectivity index (χ4v) is 2.51. The van der Waals surface area contributed by atoms with E-state index in [2.05, 4.69) is 38.4 Å². The van der Waals surface area contributed by atoms with E-state index in [-0.39, 0.29) is 36.0 Å². The molecule has 0 aliphatic rings. The van der Waals surface area contributed by atoms with Crippen LogP contribution in [0.15, 0.2) is 59.6 Å². The average molecular weight is 495 g/mol. The molecule has 0 fully saturated rings. The van der Waals surface area contributed by atoms with Crippen molar-refractivity contribution in [2.75, 3.05) is 18.9 Å². The Kier molecular flexibility index (Phi) is 11.0. The van der Waals surface area contributed by atoms with Gasteiger partial charge in [0.05, 0.1) is 0 Å². The Morgan fingerprint density at radius 2 is 1.64 bits per heavy atom. The number of guanidine groups is 1. The van der Waals surface area contributed by atoms with Crippen molar-refractivity contribution in [1.82, 2.24) is 16.0 Å². The maximum Gasteiger partial charge on any atom is 0.319 e. The predicted octanol–water partition coefficient (Wildman–Crippen LogP) is 3.74. The number of nitrogens with zero attached hydrogens (tertiary/aromatic N) is 1. The Balaban J connectivity index is 0.00000392. The molecular formula is C21H30IN5O. The van der Waals surface area contributed by atoms with Crippen LogP contribution in [0.2, 0.25) is 0 Å². The third kappa shape index (κ3) is 9.07. The van der Waals surface area contributed by atoms with Gasteiger partial charge in [0, 0.05) is 31.9 Å². The lowest BCUT2D eigenvalue weighted by molar-refractivity contribution is 0.250. The molecule has 2 aromatic carbocycles. The molecule has 28 heavy (non-hydrogen) atoms. The van der Waals surface area contributed by atoms with Gasteiger partial charge in [-0.1, -0.05) is 42.5 Å². The third-order valence-electron chi connectivity index (χ3n) is 3.86. The van der Waals surface area contributed by atoms with Crippen LogP contribution in [0.5, 0.6) is 0 Å². The summed E-state index contributed by atoms with van der Waals surface area (Å²) < 4.78 is 0. The summed E-state index contributed by atoms with van der Waals surface area (Å²) in [5.41, 5.74) is 3.17. The van der Waals surface area contributed by atoms with Crippen LogP contribution in [-0.4, -0.2) is 31.6 Å². The number of carbonyl (C=O) groups excluding carboxylic acids is 1. The monoisotopic (exact) mass is 495 g/mol. The number of carbonyl (C=O) groups is 1. The van der Waals surface area contributed by atoms with E-state index in [1.165, 1.54) is 5.56 Å². The number of anilines is 1. The minimum atomic E-state index is -0.195. The van der Waals surface area contributed by atoms with Crippen LogP contribution in [0.4, 0.5) is 10.5 Å². The van der Waals surface area contributed by atoms with Gasteiger partial charge in [0.15, 0.2) is 5.96 Å². The van der Waals surface area contributed by atoms with Crippen LogP contribution in [0.3, 0.4) is 0 Å². The molecule has 152 valence electrons.